The van der Waals surface area contributed by atoms with E-state index in [1.807, 2.05) is 0 Å². The van der Waals surface area contributed by atoms with Gasteiger partial charge >= 0.3 is 12.1 Å². The van der Waals surface area contributed by atoms with E-state index in [4.69, 9.17) is 5.73 Å². The SMILES string of the molecule is Nc1cc(C(=O)OCCC(F)(F)F)c(F)cc1F. The van der Waals surface area contributed by atoms with Crippen LogP contribution in [0.25, 0.3) is 0 Å². The van der Waals surface area contributed by atoms with Gasteiger partial charge in [0.2, 0.25) is 0 Å². The molecule has 0 atom stereocenters. The van der Waals surface area contributed by atoms with Crippen LogP contribution in [0.2, 0.25) is 0 Å². The Labute approximate surface area is 98.3 Å². The van der Waals surface area contributed by atoms with Crippen molar-refractivity contribution in [2.24, 2.45) is 0 Å². The molecule has 0 spiro atoms. The maximum atomic E-state index is 13.1. The van der Waals surface area contributed by atoms with Crippen LogP contribution in [-0.4, -0.2) is 18.8 Å². The van der Waals surface area contributed by atoms with Gasteiger partial charge in [0.1, 0.15) is 18.2 Å². The van der Waals surface area contributed by atoms with E-state index in [9.17, 15) is 26.7 Å². The van der Waals surface area contributed by atoms with Crippen molar-refractivity contribution in [3.8, 4) is 0 Å². The molecule has 0 radical (unpaired) electrons. The summed E-state index contributed by atoms with van der Waals surface area (Å²) in [5.74, 6) is -3.65. The predicted octanol–water partition coefficient (Wildman–Crippen LogP) is 2.66. The first-order valence-corrected chi connectivity index (χ1v) is 4.69. The second kappa shape index (κ2) is 5.19. The van der Waals surface area contributed by atoms with Crippen molar-refractivity contribution >= 4 is 11.7 Å². The highest BCUT2D eigenvalue weighted by molar-refractivity contribution is 5.90. The van der Waals surface area contributed by atoms with Crippen LogP contribution in [0.5, 0.6) is 0 Å². The van der Waals surface area contributed by atoms with E-state index >= 15 is 0 Å². The molecule has 100 valence electrons. The Balaban J connectivity index is 2.70. The first kappa shape index (κ1) is 14.2. The summed E-state index contributed by atoms with van der Waals surface area (Å²) in [7, 11) is 0. The number of ether oxygens (including phenoxy) is 1. The number of esters is 1. The van der Waals surface area contributed by atoms with Gasteiger partial charge in [-0.3, -0.25) is 0 Å². The van der Waals surface area contributed by atoms with Gasteiger partial charge in [-0.1, -0.05) is 0 Å². The van der Waals surface area contributed by atoms with Gasteiger partial charge in [0, 0.05) is 6.07 Å². The molecule has 1 aromatic carbocycles. The van der Waals surface area contributed by atoms with Gasteiger partial charge in [0.15, 0.2) is 0 Å². The predicted molar refractivity (Wildman–Crippen MR) is 51.7 cm³/mol. The topological polar surface area (TPSA) is 52.3 Å². The lowest BCUT2D eigenvalue weighted by Crippen LogP contribution is -2.15. The minimum atomic E-state index is -4.49. The molecule has 18 heavy (non-hydrogen) atoms. The highest BCUT2D eigenvalue weighted by Crippen LogP contribution is 2.21. The molecular weight excluding hydrogens is 261 g/mol. The summed E-state index contributed by atoms with van der Waals surface area (Å²) in [6.45, 7) is -0.945. The van der Waals surface area contributed by atoms with Crippen molar-refractivity contribution < 1.29 is 31.5 Å². The number of rotatable bonds is 3. The number of carbonyl (C=O) groups excluding carboxylic acids is 1. The number of hydrogen-bond donors (Lipinski definition) is 1. The quantitative estimate of drug-likeness (QED) is 0.521. The molecule has 0 heterocycles. The van der Waals surface area contributed by atoms with Crippen molar-refractivity contribution in [1.82, 2.24) is 0 Å². The van der Waals surface area contributed by atoms with E-state index < -0.39 is 48.1 Å². The largest absolute Gasteiger partial charge is 0.462 e. The molecule has 0 fully saturated rings. The standard InChI is InChI=1S/C10H8F5NO2/c11-6-4-7(12)8(16)3-5(6)9(17)18-2-1-10(13,14)15/h3-4H,1-2,16H2. The van der Waals surface area contributed by atoms with E-state index in [-0.39, 0.29) is 0 Å². The number of carbonyl (C=O) groups is 1. The van der Waals surface area contributed by atoms with E-state index in [1.54, 1.807) is 0 Å². The van der Waals surface area contributed by atoms with Gasteiger partial charge in [0.25, 0.3) is 0 Å². The molecule has 0 aliphatic heterocycles. The second-order valence-electron chi connectivity index (χ2n) is 3.35. The van der Waals surface area contributed by atoms with Crippen LogP contribution in [0.4, 0.5) is 27.6 Å². The fourth-order valence-electron chi connectivity index (χ4n) is 1.06. The van der Waals surface area contributed by atoms with Gasteiger partial charge in [-0.25, -0.2) is 13.6 Å². The fraction of sp³-hybridized carbons (Fsp3) is 0.300. The van der Waals surface area contributed by atoms with Crippen molar-refractivity contribution in [3.05, 3.63) is 29.3 Å². The fourth-order valence-corrected chi connectivity index (χ4v) is 1.06. The summed E-state index contributed by atoms with van der Waals surface area (Å²) in [6.07, 6.45) is -5.84. The highest BCUT2D eigenvalue weighted by atomic mass is 19.4. The molecule has 0 saturated heterocycles. The minimum Gasteiger partial charge on any atom is -0.462 e. The lowest BCUT2D eigenvalue weighted by Gasteiger charge is -2.08. The monoisotopic (exact) mass is 269 g/mol. The van der Waals surface area contributed by atoms with Gasteiger partial charge in [-0.2, -0.15) is 13.2 Å². The van der Waals surface area contributed by atoms with Crippen molar-refractivity contribution in [2.75, 3.05) is 12.3 Å². The second-order valence-corrected chi connectivity index (χ2v) is 3.35. The maximum absolute atomic E-state index is 13.1. The molecule has 3 nitrogen and oxygen atoms in total. The Kier molecular flexibility index (Phi) is 4.10. The summed E-state index contributed by atoms with van der Waals surface area (Å²) in [6, 6.07) is 1.02. The Morgan fingerprint density at radius 3 is 2.39 bits per heavy atom. The molecule has 1 rings (SSSR count). The van der Waals surface area contributed by atoms with Gasteiger partial charge in [0.05, 0.1) is 17.7 Å². The van der Waals surface area contributed by atoms with Crippen molar-refractivity contribution in [1.29, 1.82) is 0 Å². The minimum absolute atomic E-state index is 0.357. The first-order chi connectivity index (χ1) is 8.20. The normalized spacial score (nSPS) is 11.4. The van der Waals surface area contributed by atoms with Crippen molar-refractivity contribution in [3.63, 3.8) is 0 Å². The number of nitrogens with two attached hydrogens (primary N) is 1. The lowest BCUT2D eigenvalue weighted by molar-refractivity contribution is -0.141. The Bertz CT molecular complexity index is 458. The van der Waals surface area contributed by atoms with Crippen LogP contribution in [0.1, 0.15) is 16.8 Å². The third-order valence-corrected chi connectivity index (χ3v) is 1.92. The van der Waals surface area contributed by atoms with Crippen LogP contribution in [0.15, 0.2) is 12.1 Å². The third kappa shape index (κ3) is 3.86. The molecule has 1 aromatic rings. The number of halogens is 5. The first-order valence-electron chi connectivity index (χ1n) is 4.69. The number of benzene rings is 1. The molecule has 0 aliphatic carbocycles. The molecule has 0 aromatic heterocycles. The molecule has 2 N–H and O–H groups in total. The maximum Gasteiger partial charge on any atom is 0.392 e. The lowest BCUT2D eigenvalue weighted by atomic mass is 10.2. The number of hydrogen-bond acceptors (Lipinski definition) is 3. The Hall–Kier alpha value is -1.86. The van der Waals surface area contributed by atoms with Crippen molar-refractivity contribution in [2.45, 2.75) is 12.6 Å². The average Bonchev–Trinajstić information content (AvgIpc) is 2.21. The van der Waals surface area contributed by atoms with Crippen LogP contribution in [0.3, 0.4) is 0 Å². The van der Waals surface area contributed by atoms with Gasteiger partial charge in [-0.15, -0.1) is 0 Å². The zero-order valence-corrected chi connectivity index (χ0v) is 8.85. The molecule has 0 amide bonds. The van der Waals surface area contributed by atoms with Crippen LogP contribution < -0.4 is 5.73 Å². The van der Waals surface area contributed by atoms with Crippen LogP contribution in [-0.2, 0) is 4.74 Å². The zero-order valence-electron chi connectivity index (χ0n) is 8.85. The Morgan fingerprint density at radius 2 is 1.83 bits per heavy atom. The molecule has 0 saturated carbocycles. The van der Waals surface area contributed by atoms with Gasteiger partial charge in [-0.05, 0) is 6.07 Å². The van der Waals surface area contributed by atoms with Crippen LogP contribution >= 0.6 is 0 Å². The molecule has 0 aliphatic rings. The molecule has 0 bridgehead atoms. The van der Waals surface area contributed by atoms with E-state index in [0.29, 0.717) is 12.1 Å². The summed E-state index contributed by atoms with van der Waals surface area (Å²) < 4.78 is 65.4. The van der Waals surface area contributed by atoms with E-state index in [2.05, 4.69) is 4.74 Å². The van der Waals surface area contributed by atoms with E-state index in [1.165, 1.54) is 0 Å². The van der Waals surface area contributed by atoms with Gasteiger partial charge < -0.3 is 10.5 Å². The molecule has 0 unspecified atom stereocenters. The van der Waals surface area contributed by atoms with E-state index in [0.717, 1.165) is 0 Å². The molecule has 8 heteroatoms. The summed E-state index contributed by atoms with van der Waals surface area (Å²) in [4.78, 5) is 11.2. The smallest absolute Gasteiger partial charge is 0.392 e. The summed E-state index contributed by atoms with van der Waals surface area (Å²) in [5.41, 5.74) is 3.88. The highest BCUT2D eigenvalue weighted by Gasteiger charge is 2.27. The van der Waals surface area contributed by atoms with Crippen LogP contribution in [0, 0.1) is 11.6 Å². The Morgan fingerprint density at radius 1 is 1.22 bits per heavy atom. The summed E-state index contributed by atoms with van der Waals surface area (Å²) in [5, 5.41) is 0. The summed E-state index contributed by atoms with van der Waals surface area (Å²) >= 11 is 0. The third-order valence-electron chi connectivity index (χ3n) is 1.92. The zero-order chi connectivity index (χ0) is 13.9. The molecular formula is C10H8F5NO2. The average molecular weight is 269 g/mol. The number of anilines is 1. The number of alkyl halides is 3. The number of nitrogen functional groups attached to an aromatic ring is 1.